The van der Waals surface area contributed by atoms with Gasteiger partial charge in [-0.1, -0.05) is 29.8 Å². The Morgan fingerprint density at radius 3 is 2.69 bits per heavy atom. The summed E-state index contributed by atoms with van der Waals surface area (Å²) in [5, 5.41) is 4.33. The Labute approximate surface area is 103 Å². The van der Waals surface area contributed by atoms with E-state index in [9.17, 15) is 0 Å². The summed E-state index contributed by atoms with van der Waals surface area (Å²) in [4.78, 5) is 2.33. The Morgan fingerprint density at radius 2 is 2.12 bits per heavy atom. The molecular formula is C13H19ClN2. The highest BCUT2D eigenvalue weighted by Crippen LogP contribution is 2.28. The lowest BCUT2D eigenvalue weighted by atomic mass is 9.88. The molecule has 0 aromatic heterocycles. The molecule has 2 nitrogen and oxygen atoms in total. The van der Waals surface area contributed by atoms with Crippen molar-refractivity contribution in [1.82, 2.24) is 10.2 Å². The van der Waals surface area contributed by atoms with Gasteiger partial charge in [0, 0.05) is 17.1 Å². The van der Waals surface area contributed by atoms with E-state index < -0.39 is 0 Å². The highest BCUT2D eigenvalue weighted by Gasteiger charge is 2.36. The van der Waals surface area contributed by atoms with Crippen LogP contribution in [0.25, 0.3) is 0 Å². The molecule has 1 saturated heterocycles. The molecule has 0 radical (unpaired) electrons. The second-order valence-electron chi connectivity index (χ2n) is 4.81. The molecule has 2 rings (SSSR count). The van der Waals surface area contributed by atoms with E-state index in [1.807, 2.05) is 12.1 Å². The van der Waals surface area contributed by atoms with Crippen molar-refractivity contribution < 1.29 is 0 Å². The van der Waals surface area contributed by atoms with Crippen molar-refractivity contribution in [3.63, 3.8) is 0 Å². The minimum absolute atomic E-state index is 0.227. The van der Waals surface area contributed by atoms with Gasteiger partial charge in [-0.05, 0) is 45.1 Å². The van der Waals surface area contributed by atoms with Crippen molar-refractivity contribution in [3.05, 3.63) is 34.9 Å². The van der Waals surface area contributed by atoms with Crippen LogP contribution in [0.3, 0.4) is 0 Å². The van der Waals surface area contributed by atoms with Crippen molar-refractivity contribution in [1.29, 1.82) is 0 Å². The highest BCUT2D eigenvalue weighted by atomic mass is 35.5. The van der Waals surface area contributed by atoms with E-state index in [4.69, 9.17) is 11.6 Å². The summed E-state index contributed by atoms with van der Waals surface area (Å²) in [6.45, 7) is 2.15. The number of rotatable bonds is 3. The summed E-state index contributed by atoms with van der Waals surface area (Å²) in [5.74, 6) is 0. The predicted octanol–water partition coefficient (Wildman–Crippen LogP) is 2.18. The summed E-state index contributed by atoms with van der Waals surface area (Å²) >= 11 is 6.23. The van der Waals surface area contributed by atoms with Gasteiger partial charge in [-0.15, -0.1) is 0 Å². The van der Waals surface area contributed by atoms with Gasteiger partial charge in [-0.2, -0.15) is 0 Å². The van der Waals surface area contributed by atoms with Crippen LogP contribution in [0.2, 0.25) is 5.02 Å². The van der Waals surface area contributed by atoms with Gasteiger partial charge in [-0.25, -0.2) is 0 Å². The Hall–Kier alpha value is -0.570. The number of nitrogens with zero attached hydrogens (tertiary/aromatic N) is 1. The SMILES string of the molecule is CN(C)C1(Cc2ccccc2Cl)CCNC1. The Morgan fingerprint density at radius 1 is 1.38 bits per heavy atom. The number of likely N-dealkylation sites (N-methyl/N-ethyl adjacent to an activating group) is 1. The fourth-order valence-electron chi connectivity index (χ4n) is 2.42. The molecule has 1 fully saturated rings. The smallest absolute Gasteiger partial charge is 0.0438 e. The number of hydrogen-bond donors (Lipinski definition) is 1. The average molecular weight is 239 g/mol. The first-order valence-electron chi connectivity index (χ1n) is 5.76. The van der Waals surface area contributed by atoms with Crippen molar-refractivity contribution in [2.24, 2.45) is 0 Å². The molecule has 88 valence electrons. The number of hydrogen-bond acceptors (Lipinski definition) is 2. The molecule has 3 heteroatoms. The van der Waals surface area contributed by atoms with Crippen LogP contribution in [0.15, 0.2) is 24.3 Å². The number of benzene rings is 1. The maximum absolute atomic E-state index is 6.23. The van der Waals surface area contributed by atoms with Crippen LogP contribution in [0.1, 0.15) is 12.0 Å². The molecule has 1 N–H and O–H groups in total. The Balaban J connectivity index is 2.21. The second kappa shape index (κ2) is 4.74. The fraction of sp³-hybridized carbons (Fsp3) is 0.538. The van der Waals surface area contributed by atoms with Crippen LogP contribution in [-0.4, -0.2) is 37.6 Å². The standard InChI is InChI=1S/C13H19ClN2/c1-16(2)13(7-8-15-10-13)9-11-5-3-4-6-12(11)14/h3-6,15H,7-10H2,1-2H3. The predicted molar refractivity (Wildman–Crippen MR) is 69.1 cm³/mol. The zero-order chi connectivity index (χ0) is 11.6. The first-order valence-corrected chi connectivity index (χ1v) is 6.13. The summed E-state index contributed by atoms with van der Waals surface area (Å²) in [6.07, 6.45) is 2.21. The lowest BCUT2D eigenvalue weighted by Crippen LogP contribution is -2.48. The minimum atomic E-state index is 0.227. The molecule has 0 amide bonds. The van der Waals surface area contributed by atoms with E-state index in [0.29, 0.717) is 0 Å². The van der Waals surface area contributed by atoms with Crippen LogP contribution in [0, 0.1) is 0 Å². The zero-order valence-electron chi connectivity index (χ0n) is 9.96. The van der Waals surface area contributed by atoms with Crippen molar-refractivity contribution >= 4 is 11.6 Å². The molecule has 1 aromatic rings. The van der Waals surface area contributed by atoms with Crippen molar-refractivity contribution in [2.45, 2.75) is 18.4 Å². The monoisotopic (exact) mass is 238 g/mol. The highest BCUT2D eigenvalue weighted by molar-refractivity contribution is 6.31. The Kier molecular flexibility index (Phi) is 3.53. The van der Waals surface area contributed by atoms with E-state index >= 15 is 0 Å². The number of halogens is 1. The molecule has 16 heavy (non-hydrogen) atoms. The second-order valence-corrected chi connectivity index (χ2v) is 5.22. The first kappa shape index (κ1) is 11.9. The first-order chi connectivity index (χ1) is 7.64. The largest absolute Gasteiger partial charge is 0.315 e. The van der Waals surface area contributed by atoms with Gasteiger partial charge in [0.25, 0.3) is 0 Å². The zero-order valence-corrected chi connectivity index (χ0v) is 10.7. The Bertz CT molecular complexity index is 357. The van der Waals surface area contributed by atoms with Crippen LogP contribution in [0.4, 0.5) is 0 Å². The molecule has 1 atom stereocenters. The van der Waals surface area contributed by atoms with E-state index in [-0.39, 0.29) is 5.54 Å². The molecule has 1 aliphatic rings. The minimum Gasteiger partial charge on any atom is -0.315 e. The summed E-state index contributed by atoms with van der Waals surface area (Å²) in [5.41, 5.74) is 1.48. The molecule has 0 aliphatic carbocycles. The van der Waals surface area contributed by atoms with E-state index in [1.165, 1.54) is 12.0 Å². The van der Waals surface area contributed by atoms with Gasteiger partial charge in [-0.3, -0.25) is 0 Å². The molecule has 1 aliphatic heterocycles. The van der Waals surface area contributed by atoms with E-state index in [0.717, 1.165) is 24.5 Å². The fourth-order valence-corrected chi connectivity index (χ4v) is 2.62. The molecule has 0 spiro atoms. The lowest BCUT2D eigenvalue weighted by molar-refractivity contribution is 0.173. The third-order valence-electron chi connectivity index (χ3n) is 3.65. The third kappa shape index (κ3) is 2.24. The summed E-state index contributed by atoms with van der Waals surface area (Å²) in [7, 11) is 4.31. The molecule has 1 heterocycles. The molecule has 1 unspecified atom stereocenters. The number of nitrogens with one attached hydrogen (secondary N) is 1. The topological polar surface area (TPSA) is 15.3 Å². The normalized spacial score (nSPS) is 25.2. The van der Waals surface area contributed by atoms with Gasteiger partial charge in [0.2, 0.25) is 0 Å². The van der Waals surface area contributed by atoms with Crippen molar-refractivity contribution in [3.8, 4) is 0 Å². The summed E-state index contributed by atoms with van der Waals surface area (Å²) < 4.78 is 0. The molecule has 1 aromatic carbocycles. The van der Waals surface area contributed by atoms with Crippen LogP contribution in [0.5, 0.6) is 0 Å². The van der Waals surface area contributed by atoms with Gasteiger partial charge < -0.3 is 10.2 Å². The lowest BCUT2D eigenvalue weighted by Gasteiger charge is -2.36. The quantitative estimate of drug-likeness (QED) is 0.869. The summed E-state index contributed by atoms with van der Waals surface area (Å²) in [6, 6.07) is 8.16. The van der Waals surface area contributed by atoms with Crippen molar-refractivity contribution in [2.75, 3.05) is 27.2 Å². The third-order valence-corrected chi connectivity index (χ3v) is 4.02. The van der Waals surface area contributed by atoms with Crippen LogP contribution >= 0.6 is 11.6 Å². The van der Waals surface area contributed by atoms with Crippen LogP contribution in [-0.2, 0) is 6.42 Å². The van der Waals surface area contributed by atoms with Gasteiger partial charge in [0.15, 0.2) is 0 Å². The van der Waals surface area contributed by atoms with Gasteiger partial charge >= 0.3 is 0 Å². The maximum Gasteiger partial charge on any atom is 0.0438 e. The van der Waals surface area contributed by atoms with Gasteiger partial charge in [0.1, 0.15) is 0 Å². The molecule has 0 saturated carbocycles. The average Bonchev–Trinajstić information content (AvgIpc) is 2.71. The van der Waals surface area contributed by atoms with Gasteiger partial charge in [0.05, 0.1) is 0 Å². The van der Waals surface area contributed by atoms with E-state index in [2.05, 4.69) is 36.4 Å². The molecule has 0 bridgehead atoms. The van der Waals surface area contributed by atoms with Crippen LogP contribution < -0.4 is 5.32 Å². The maximum atomic E-state index is 6.23. The molecular weight excluding hydrogens is 220 g/mol. The van der Waals surface area contributed by atoms with E-state index in [1.54, 1.807) is 0 Å².